The van der Waals surface area contributed by atoms with Gasteiger partial charge in [0, 0.05) is 33.8 Å². The molecule has 0 heterocycles. The number of methoxy groups -OCH3 is 1. The van der Waals surface area contributed by atoms with E-state index in [2.05, 4.69) is 27.3 Å². The molecule has 158 valence electrons. The van der Waals surface area contributed by atoms with E-state index in [1.54, 1.807) is 19.2 Å². The van der Waals surface area contributed by atoms with Gasteiger partial charge in [-0.2, -0.15) is 0 Å². The third-order valence-corrected chi connectivity index (χ3v) is 7.04. The van der Waals surface area contributed by atoms with Crippen molar-refractivity contribution in [2.45, 2.75) is 50.5 Å². The van der Waals surface area contributed by atoms with Crippen molar-refractivity contribution in [1.29, 1.82) is 0 Å². The lowest BCUT2D eigenvalue weighted by molar-refractivity contribution is 0.204. The largest absolute Gasteiger partial charge is 0.383 e. The van der Waals surface area contributed by atoms with Gasteiger partial charge in [0.25, 0.3) is 0 Å². The van der Waals surface area contributed by atoms with Gasteiger partial charge < -0.3 is 15.4 Å². The Labute approximate surface area is 169 Å². The molecule has 0 bridgehead atoms. The first-order valence-electron chi connectivity index (χ1n) is 9.97. The van der Waals surface area contributed by atoms with Crippen molar-refractivity contribution in [1.82, 2.24) is 15.4 Å². The van der Waals surface area contributed by atoms with Crippen molar-refractivity contribution in [2.75, 3.05) is 33.9 Å². The zero-order chi connectivity index (χ0) is 20.5. The summed E-state index contributed by atoms with van der Waals surface area (Å²) in [4.78, 5) is 4.56. The molecule has 0 spiro atoms. The number of sulfonamides is 1. The second-order valence-corrected chi connectivity index (χ2v) is 9.14. The summed E-state index contributed by atoms with van der Waals surface area (Å²) in [6, 6.07) is 6.87. The first kappa shape index (κ1) is 22.6. The molecular weight excluding hydrogens is 376 g/mol. The number of aliphatic imine (C=N–C) groups is 1. The molecule has 0 aliphatic heterocycles. The summed E-state index contributed by atoms with van der Waals surface area (Å²) >= 11 is 0. The van der Waals surface area contributed by atoms with E-state index >= 15 is 0 Å². The van der Waals surface area contributed by atoms with E-state index < -0.39 is 10.0 Å². The van der Waals surface area contributed by atoms with Crippen LogP contribution < -0.4 is 15.4 Å². The van der Waals surface area contributed by atoms with Gasteiger partial charge in [-0.3, -0.25) is 4.99 Å². The minimum absolute atomic E-state index is 0.251. The SMILES string of the molecule is CCC1(CNC(=NC)NCc2ccc(S(=O)(=O)NCCOC)cc2)CCCC1. The average molecular weight is 411 g/mol. The van der Waals surface area contributed by atoms with Gasteiger partial charge in [0.05, 0.1) is 11.5 Å². The quantitative estimate of drug-likeness (QED) is 0.313. The number of benzene rings is 1. The maximum atomic E-state index is 12.2. The normalized spacial score (nSPS) is 16.9. The van der Waals surface area contributed by atoms with Gasteiger partial charge in [-0.05, 0) is 42.4 Å². The van der Waals surface area contributed by atoms with Gasteiger partial charge in [0.1, 0.15) is 0 Å². The van der Waals surface area contributed by atoms with Crippen LogP contribution in [0, 0.1) is 5.41 Å². The van der Waals surface area contributed by atoms with E-state index in [-0.39, 0.29) is 11.4 Å². The number of nitrogens with one attached hydrogen (secondary N) is 3. The molecule has 28 heavy (non-hydrogen) atoms. The molecule has 0 unspecified atom stereocenters. The summed E-state index contributed by atoms with van der Waals surface area (Å²) in [6.45, 7) is 4.38. The summed E-state index contributed by atoms with van der Waals surface area (Å²) in [5.41, 5.74) is 1.38. The summed E-state index contributed by atoms with van der Waals surface area (Å²) < 4.78 is 31.8. The van der Waals surface area contributed by atoms with Crippen LogP contribution in [0.3, 0.4) is 0 Å². The Balaban J connectivity index is 1.86. The van der Waals surface area contributed by atoms with Gasteiger partial charge in [0.15, 0.2) is 5.96 Å². The molecular formula is C20H34N4O3S. The highest BCUT2D eigenvalue weighted by Gasteiger charge is 2.31. The van der Waals surface area contributed by atoms with Crippen LogP contribution >= 0.6 is 0 Å². The molecule has 3 N–H and O–H groups in total. The molecule has 8 heteroatoms. The van der Waals surface area contributed by atoms with Gasteiger partial charge >= 0.3 is 0 Å². The predicted octanol–water partition coefficient (Wildman–Crippen LogP) is 2.25. The topological polar surface area (TPSA) is 91.8 Å². The van der Waals surface area contributed by atoms with Crippen LogP contribution in [-0.2, 0) is 21.3 Å². The van der Waals surface area contributed by atoms with Crippen molar-refractivity contribution in [3.8, 4) is 0 Å². The van der Waals surface area contributed by atoms with Gasteiger partial charge in [-0.15, -0.1) is 0 Å². The second kappa shape index (κ2) is 10.8. The molecule has 7 nitrogen and oxygen atoms in total. The van der Waals surface area contributed by atoms with Crippen LogP contribution in [0.25, 0.3) is 0 Å². The first-order chi connectivity index (χ1) is 13.4. The minimum atomic E-state index is -3.50. The molecule has 0 saturated heterocycles. The molecule has 1 aliphatic carbocycles. The van der Waals surface area contributed by atoms with Crippen molar-refractivity contribution < 1.29 is 13.2 Å². The highest BCUT2D eigenvalue weighted by molar-refractivity contribution is 7.89. The lowest BCUT2D eigenvalue weighted by Crippen LogP contribution is -2.42. The maximum Gasteiger partial charge on any atom is 0.240 e. The molecule has 0 radical (unpaired) electrons. The van der Waals surface area contributed by atoms with Gasteiger partial charge in [-0.25, -0.2) is 13.1 Å². The van der Waals surface area contributed by atoms with Crippen LogP contribution in [0.2, 0.25) is 0 Å². The maximum absolute atomic E-state index is 12.2. The average Bonchev–Trinajstić information content (AvgIpc) is 3.18. The van der Waals surface area contributed by atoms with E-state index in [0.29, 0.717) is 18.6 Å². The van der Waals surface area contributed by atoms with E-state index in [1.807, 2.05) is 12.1 Å². The highest BCUT2D eigenvalue weighted by Crippen LogP contribution is 2.40. The highest BCUT2D eigenvalue weighted by atomic mass is 32.2. The lowest BCUT2D eigenvalue weighted by Gasteiger charge is -2.28. The fourth-order valence-corrected chi connectivity index (χ4v) is 4.62. The van der Waals surface area contributed by atoms with Crippen LogP contribution in [0.4, 0.5) is 0 Å². The number of rotatable bonds is 10. The molecule has 1 aromatic rings. The first-order valence-corrected chi connectivity index (χ1v) is 11.4. The fourth-order valence-electron chi connectivity index (χ4n) is 3.61. The Bertz CT molecular complexity index is 726. The summed E-state index contributed by atoms with van der Waals surface area (Å²) in [6.07, 6.45) is 6.38. The Kier molecular flexibility index (Phi) is 8.72. The summed E-state index contributed by atoms with van der Waals surface area (Å²) in [5.74, 6) is 0.776. The van der Waals surface area contributed by atoms with Gasteiger partial charge in [0.2, 0.25) is 10.0 Å². The monoisotopic (exact) mass is 410 g/mol. The van der Waals surface area contributed by atoms with Crippen LogP contribution in [0.15, 0.2) is 34.2 Å². The zero-order valence-electron chi connectivity index (χ0n) is 17.3. The van der Waals surface area contributed by atoms with E-state index in [9.17, 15) is 8.42 Å². The Morgan fingerprint density at radius 1 is 1.18 bits per heavy atom. The van der Waals surface area contributed by atoms with Crippen molar-refractivity contribution in [3.63, 3.8) is 0 Å². The van der Waals surface area contributed by atoms with E-state index in [0.717, 1.165) is 18.1 Å². The predicted molar refractivity (Wildman–Crippen MR) is 113 cm³/mol. The lowest BCUT2D eigenvalue weighted by atomic mass is 9.83. The molecule has 1 aliphatic rings. The number of hydrogen-bond donors (Lipinski definition) is 3. The standard InChI is InChI=1S/C20H34N4O3S/c1-4-20(11-5-6-12-20)16-23-19(21-2)22-15-17-7-9-18(10-8-17)28(25,26)24-13-14-27-3/h7-10,24H,4-6,11-16H2,1-3H3,(H2,21,22,23). The number of ether oxygens (including phenoxy) is 1. The van der Waals surface area contributed by atoms with Crippen molar-refractivity contribution in [2.24, 2.45) is 10.4 Å². The molecule has 2 rings (SSSR count). The molecule has 0 aromatic heterocycles. The number of nitrogens with zero attached hydrogens (tertiary/aromatic N) is 1. The van der Waals surface area contributed by atoms with Gasteiger partial charge in [-0.1, -0.05) is 31.9 Å². The van der Waals surface area contributed by atoms with Crippen molar-refractivity contribution >= 4 is 16.0 Å². The van der Waals surface area contributed by atoms with Crippen molar-refractivity contribution in [3.05, 3.63) is 29.8 Å². The molecule has 0 amide bonds. The van der Waals surface area contributed by atoms with Crippen LogP contribution in [0.1, 0.15) is 44.6 Å². The second-order valence-electron chi connectivity index (χ2n) is 7.37. The summed E-state index contributed by atoms with van der Waals surface area (Å²) in [5, 5.41) is 6.77. The van der Waals surface area contributed by atoms with E-state index in [1.165, 1.54) is 39.2 Å². The Morgan fingerprint density at radius 2 is 1.86 bits per heavy atom. The molecule has 0 atom stereocenters. The summed E-state index contributed by atoms with van der Waals surface area (Å²) in [7, 11) is -0.195. The van der Waals surface area contributed by atoms with E-state index in [4.69, 9.17) is 4.74 Å². The smallest absolute Gasteiger partial charge is 0.240 e. The third-order valence-electron chi connectivity index (χ3n) is 5.56. The molecule has 1 saturated carbocycles. The molecule has 1 fully saturated rings. The number of guanidine groups is 1. The minimum Gasteiger partial charge on any atom is -0.383 e. The Morgan fingerprint density at radius 3 is 2.43 bits per heavy atom. The fraction of sp³-hybridized carbons (Fsp3) is 0.650. The third kappa shape index (κ3) is 6.46. The zero-order valence-corrected chi connectivity index (χ0v) is 18.1. The Hall–Kier alpha value is -1.64. The molecule has 1 aromatic carbocycles. The number of hydrogen-bond acceptors (Lipinski definition) is 4. The van der Waals surface area contributed by atoms with Crippen LogP contribution in [-0.4, -0.2) is 48.2 Å². The van der Waals surface area contributed by atoms with Crippen LogP contribution in [0.5, 0.6) is 0 Å².